The number of anilines is 1. The molecule has 0 aliphatic rings. The first-order valence-electron chi connectivity index (χ1n) is 6.58. The summed E-state index contributed by atoms with van der Waals surface area (Å²) < 4.78 is 37.0. The van der Waals surface area contributed by atoms with Crippen molar-refractivity contribution in [2.24, 2.45) is 0 Å². The lowest BCUT2D eigenvalue weighted by atomic mass is 10.3. The number of benzene rings is 1. The molecule has 118 valence electrons. The number of amides is 2. The molecule has 1 rings (SSSR count). The zero-order valence-electron chi connectivity index (χ0n) is 12.1. The molecule has 0 aromatic heterocycles. The van der Waals surface area contributed by atoms with Crippen molar-refractivity contribution in [2.45, 2.75) is 13.3 Å². The van der Waals surface area contributed by atoms with Gasteiger partial charge in [-0.15, -0.1) is 0 Å². The maximum atomic E-state index is 12.9. The molecule has 0 heterocycles. The first-order valence-corrected chi connectivity index (χ1v) is 8.43. The molecule has 0 aliphatic heterocycles. The molecular weight excluding hydrogens is 297 g/mol. The van der Waals surface area contributed by atoms with Crippen LogP contribution in [-0.2, 0) is 10.0 Å². The van der Waals surface area contributed by atoms with Gasteiger partial charge in [0.25, 0.3) is 0 Å². The number of hydrogen-bond donors (Lipinski definition) is 2. The van der Waals surface area contributed by atoms with Crippen molar-refractivity contribution in [2.75, 3.05) is 31.2 Å². The van der Waals surface area contributed by atoms with Gasteiger partial charge in [0, 0.05) is 25.3 Å². The molecule has 8 heteroatoms. The maximum Gasteiger partial charge on any atom is 0.319 e. The van der Waals surface area contributed by atoms with Gasteiger partial charge in [0.05, 0.1) is 6.26 Å². The van der Waals surface area contributed by atoms with Crippen LogP contribution in [0.3, 0.4) is 0 Å². The molecule has 6 nitrogen and oxygen atoms in total. The summed E-state index contributed by atoms with van der Waals surface area (Å²) in [5.41, 5.74) is 0.360. The summed E-state index contributed by atoms with van der Waals surface area (Å²) in [5.74, 6) is -0.431. The van der Waals surface area contributed by atoms with Gasteiger partial charge in [0.2, 0.25) is 10.0 Å². The number of sulfonamides is 1. The highest BCUT2D eigenvalue weighted by Crippen LogP contribution is 2.08. The van der Waals surface area contributed by atoms with E-state index >= 15 is 0 Å². The van der Waals surface area contributed by atoms with Gasteiger partial charge in [-0.3, -0.25) is 0 Å². The summed E-state index contributed by atoms with van der Waals surface area (Å²) in [4.78, 5) is 11.6. The highest BCUT2D eigenvalue weighted by molar-refractivity contribution is 7.88. The third-order valence-electron chi connectivity index (χ3n) is 2.77. The van der Waals surface area contributed by atoms with E-state index in [0.717, 1.165) is 6.26 Å². The molecule has 0 radical (unpaired) electrons. The monoisotopic (exact) mass is 317 g/mol. The van der Waals surface area contributed by atoms with E-state index in [1.165, 1.54) is 22.5 Å². The smallest absolute Gasteiger partial charge is 0.319 e. The topological polar surface area (TPSA) is 78.5 Å². The van der Waals surface area contributed by atoms with Gasteiger partial charge in [-0.2, -0.15) is 0 Å². The van der Waals surface area contributed by atoms with Crippen LogP contribution in [0.1, 0.15) is 13.3 Å². The number of carbonyl (C=O) groups is 1. The van der Waals surface area contributed by atoms with Crippen LogP contribution in [0.2, 0.25) is 0 Å². The molecule has 1 aromatic carbocycles. The Morgan fingerprint density at radius 1 is 1.38 bits per heavy atom. The van der Waals surface area contributed by atoms with Crippen molar-refractivity contribution in [3.63, 3.8) is 0 Å². The summed E-state index contributed by atoms with van der Waals surface area (Å²) in [6, 6.07) is 5.11. The summed E-state index contributed by atoms with van der Waals surface area (Å²) in [7, 11) is -3.21. The number of nitrogens with zero attached hydrogens (tertiary/aromatic N) is 1. The molecule has 0 unspecified atom stereocenters. The fourth-order valence-corrected chi connectivity index (χ4v) is 2.69. The summed E-state index contributed by atoms with van der Waals surface area (Å²) >= 11 is 0. The van der Waals surface area contributed by atoms with E-state index in [4.69, 9.17) is 0 Å². The minimum Gasteiger partial charge on any atom is -0.338 e. The van der Waals surface area contributed by atoms with Crippen LogP contribution in [0, 0.1) is 5.82 Å². The molecule has 1 aromatic rings. The fraction of sp³-hybridized carbons (Fsp3) is 0.462. The van der Waals surface area contributed by atoms with Crippen molar-refractivity contribution in [3.05, 3.63) is 30.1 Å². The maximum absolute atomic E-state index is 12.9. The van der Waals surface area contributed by atoms with E-state index in [2.05, 4.69) is 10.6 Å². The second-order valence-corrected chi connectivity index (χ2v) is 6.48. The van der Waals surface area contributed by atoms with E-state index in [1.807, 2.05) is 0 Å². The van der Waals surface area contributed by atoms with Crippen molar-refractivity contribution < 1.29 is 17.6 Å². The Morgan fingerprint density at radius 2 is 2.10 bits per heavy atom. The second-order valence-electron chi connectivity index (χ2n) is 4.50. The van der Waals surface area contributed by atoms with Crippen molar-refractivity contribution in [1.29, 1.82) is 0 Å². The highest BCUT2D eigenvalue weighted by atomic mass is 32.2. The molecule has 21 heavy (non-hydrogen) atoms. The van der Waals surface area contributed by atoms with E-state index < -0.39 is 21.9 Å². The molecule has 0 fully saturated rings. The minimum absolute atomic E-state index is 0.327. The van der Waals surface area contributed by atoms with E-state index in [-0.39, 0.29) is 0 Å². The SMILES string of the molecule is CCN(CCCNC(=O)Nc1cccc(F)c1)S(C)(=O)=O. The Hall–Kier alpha value is -1.67. The Bertz CT molecular complexity index is 578. The predicted octanol–water partition coefficient (Wildman–Crippen LogP) is 1.62. The summed E-state index contributed by atoms with van der Waals surface area (Å²) in [6.07, 6.45) is 1.65. The lowest BCUT2D eigenvalue weighted by Crippen LogP contribution is -2.34. The molecule has 0 atom stereocenters. The molecule has 0 aliphatic carbocycles. The Morgan fingerprint density at radius 3 is 2.67 bits per heavy atom. The number of urea groups is 1. The van der Waals surface area contributed by atoms with Gasteiger partial charge in [0.15, 0.2) is 0 Å². The Balaban J connectivity index is 2.31. The largest absolute Gasteiger partial charge is 0.338 e. The first-order chi connectivity index (χ1) is 9.82. The quantitative estimate of drug-likeness (QED) is 0.750. The van der Waals surface area contributed by atoms with E-state index in [1.54, 1.807) is 13.0 Å². The number of nitrogens with one attached hydrogen (secondary N) is 2. The van der Waals surface area contributed by atoms with Crippen molar-refractivity contribution >= 4 is 21.7 Å². The standard InChI is InChI=1S/C13H20FN3O3S/c1-3-17(21(2,19)20)9-5-8-15-13(18)16-12-7-4-6-11(14)10-12/h4,6-7,10H,3,5,8-9H2,1-2H3,(H2,15,16,18). The van der Waals surface area contributed by atoms with Gasteiger partial charge in [-0.05, 0) is 24.6 Å². The molecular formula is C13H20FN3O3S. The third-order valence-corrected chi connectivity index (χ3v) is 4.15. The van der Waals surface area contributed by atoms with Crippen LogP contribution in [0.5, 0.6) is 0 Å². The van der Waals surface area contributed by atoms with Gasteiger partial charge < -0.3 is 10.6 Å². The van der Waals surface area contributed by atoms with Crippen LogP contribution in [0.25, 0.3) is 0 Å². The Kier molecular flexibility index (Phi) is 6.57. The van der Waals surface area contributed by atoms with E-state index in [9.17, 15) is 17.6 Å². The van der Waals surface area contributed by atoms with Gasteiger partial charge >= 0.3 is 6.03 Å². The average molecular weight is 317 g/mol. The molecule has 0 spiro atoms. The molecule has 0 saturated heterocycles. The number of carbonyl (C=O) groups excluding carboxylic acids is 1. The van der Waals surface area contributed by atoms with Crippen LogP contribution >= 0.6 is 0 Å². The molecule has 0 saturated carbocycles. The number of rotatable bonds is 7. The minimum atomic E-state index is -3.21. The van der Waals surface area contributed by atoms with Gasteiger partial charge in [-0.25, -0.2) is 21.9 Å². The average Bonchev–Trinajstić information content (AvgIpc) is 2.37. The lowest BCUT2D eigenvalue weighted by Gasteiger charge is -2.17. The highest BCUT2D eigenvalue weighted by Gasteiger charge is 2.13. The van der Waals surface area contributed by atoms with Gasteiger partial charge in [0.1, 0.15) is 5.82 Å². The van der Waals surface area contributed by atoms with Crippen molar-refractivity contribution in [1.82, 2.24) is 9.62 Å². The predicted molar refractivity (Wildman–Crippen MR) is 80.1 cm³/mol. The summed E-state index contributed by atoms with van der Waals surface area (Å²) in [5, 5.41) is 5.08. The Labute approximate surface area is 124 Å². The van der Waals surface area contributed by atoms with Crippen LogP contribution < -0.4 is 10.6 Å². The van der Waals surface area contributed by atoms with Crippen LogP contribution in [0.15, 0.2) is 24.3 Å². The second kappa shape index (κ2) is 7.94. The normalized spacial score (nSPS) is 11.4. The fourth-order valence-electron chi connectivity index (χ4n) is 1.76. The third kappa shape index (κ3) is 6.54. The lowest BCUT2D eigenvalue weighted by molar-refractivity contribution is 0.251. The van der Waals surface area contributed by atoms with Crippen LogP contribution in [-0.4, -0.2) is 44.6 Å². The van der Waals surface area contributed by atoms with E-state index in [0.29, 0.717) is 31.7 Å². The summed E-state index contributed by atoms with van der Waals surface area (Å²) in [6.45, 7) is 2.82. The zero-order chi connectivity index (χ0) is 15.9. The van der Waals surface area contributed by atoms with Crippen molar-refractivity contribution in [3.8, 4) is 0 Å². The molecule has 0 bridgehead atoms. The first kappa shape index (κ1) is 17.4. The number of hydrogen-bond acceptors (Lipinski definition) is 3. The number of halogens is 1. The van der Waals surface area contributed by atoms with Crippen LogP contribution in [0.4, 0.5) is 14.9 Å². The zero-order valence-corrected chi connectivity index (χ0v) is 12.9. The van der Waals surface area contributed by atoms with Gasteiger partial charge in [-0.1, -0.05) is 13.0 Å². The molecule has 2 amide bonds. The molecule has 2 N–H and O–H groups in total.